The van der Waals surface area contributed by atoms with E-state index in [-0.39, 0.29) is 11.8 Å². The summed E-state index contributed by atoms with van der Waals surface area (Å²) in [6.45, 7) is 2.88. The molecule has 2 aliphatic rings. The fraction of sp³-hybridized carbons (Fsp3) is 0.500. The molecule has 106 valence electrons. The van der Waals surface area contributed by atoms with Gasteiger partial charge in [0.15, 0.2) is 0 Å². The molecule has 0 N–H and O–H groups in total. The van der Waals surface area contributed by atoms with Crippen molar-refractivity contribution in [2.75, 3.05) is 13.1 Å². The normalized spacial score (nSPS) is 18.4. The maximum atomic E-state index is 12.4. The monoisotopic (exact) mass is 272 g/mol. The van der Waals surface area contributed by atoms with E-state index < -0.39 is 0 Å². The molecule has 0 radical (unpaired) electrons. The Kier molecular flexibility index (Phi) is 3.47. The number of hydrogen-bond acceptors (Lipinski definition) is 2. The summed E-state index contributed by atoms with van der Waals surface area (Å²) in [4.78, 5) is 23.9. The van der Waals surface area contributed by atoms with E-state index in [1.807, 2.05) is 0 Å². The third-order valence-corrected chi connectivity index (χ3v) is 4.28. The fourth-order valence-electron chi connectivity index (χ4n) is 3.35. The molecule has 0 atom stereocenters. The Morgan fingerprint density at radius 2 is 1.70 bits per heavy atom. The summed E-state index contributed by atoms with van der Waals surface area (Å²) in [7, 11) is 0. The van der Waals surface area contributed by atoms with Crippen LogP contribution in [0.4, 0.5) is 0 Å². The van der Waals surface area contributed by atoms with E-state index in [4.69, 9.17) is 0 Å². The molecule has 1 aliphatic heterocycles. The smallest absolute Gasteiger partial charge is 0.241 e. The Balaban J connectivity index is 1.62. The number of benzene rings is 1. The van der Waals surface area contributed by atoms with Crippen molar-refractivity contribution in [3.8, 4) is 0 Å². The molecule has 4 nitrogen and oxygen atoms in total. The Hall–Kier alpha value is -1.84. The zero-order valence-electron chi connectivity index (χ0n) is 11.8. The first-order chi connectivity index (χ1) is 9.65. The third-order valence-electron chi connectivity index (χ3n) is 4.28. The van der Waals surface area contributed by atoms with Crippen molar-refractivity contribution in [1.29, 1.82) is 0 Å². The second-order valence-corrected chi connectivity index (χ2v) is 5.76. The van der Waals surface area contributed by atoms with Gasteiger partial charge in [-0.05, 0) is 36.3 Å². The van der Waals surface area contributed by atoms with Gasteiger partial charge in [-0.3, -0.25) is 19.6 Å². The standard InChI is InChI=1S/C16H20N2O2/c1-12(19)17-7-4-8-18(17)16(20)11-13-9-14-5-2-3-6-15(14)10-13/h2-3,5-6,13H,4,7-11H2,1H3. The maximum Gasteiger partial charge on any atom is 0.241 e. The van der Waals surface area contributed by atoms with Crippen LogP contribution in [0, 0.1) is 5.92 Å². The molecule has 4 heteroatoms. The van der Waals surface area contributed by atoms with Crippen LogP contribution in [-0.2, 0) is 22.4 Å². The predicted molar refractivity (Wildman–Crippen MR) is 75.7 cm³/mol. The van der Waals surface area contributed by atoms with Gasteiger partial charge in [0.25, 0.3) is 0 Å². The van der Waals surface area contributed by atoms with Crippen molar-refractivity contribution in [2.24, 2.45) is 5.92 Å². The first-order valence-corrected chi connectivity index (χ1v) is 7.30. The van der Waals surface area contributed by atoms with E-state index in [0.29, 0.717) is 25.4 Å². The van der Waals surface area contributed by atoms with Crippen LogP contribution in [0.5, 0.6) is 0 Å². The lowest BCUT2D eigenvalue weighted by Crippen LogP contribution is -2.44. The number of nitrogens with zero attached hydrogens (tertiary/aromatic N) is 2. The number of hydrogen-bond donors (Lipinski definition) is 0. The molecule has 1 heterocycles. The third kappa shape index (κ3) is 2.42. The number of carbonyl (C=O) groups is 2. The van der Waals surface area contributed by atoms with Crippen molar-refractivity contribution in [3.05, 3.63) is 35.4 Å². The van der Waals surface area contributed by atoms with Gasteiger partial charge in [-0.15, -0.1) is 0 Å². The second kappa shape index (κ2) is 5.27. The number of rotatable bonds is 2. The first kappa shape index (κ1) is 13.2. The molecule has 1 saturated heterocycles. The molecule has 0 spiro atoms. The highest BCUT2D eigenvalue weighted by Gasteiger charge is 2.31. The summed E-state index contributed by atoms with van der Waals surface area (Å²) in [5.74, 6) is 0.440. The summed E-state index contributed by atoms with van der Waals surface area (Å²) >= 11 is 0. The highest BCUT2D eigenvalue weighted by Crippen LogP contribution is 2.29. The van der Waals surface area contributed by atoms with Gasteiger partial charge in [-0.25, -0.2) is 0 Å². The Labute approximate surface area is 119 Å². The quantitative estimate of drug-likeness (QED) is 0.823. The molecule has 1 aromatic carbocycles. The molecule has 0 aromatic heterocycles. The summed E-state index contributed by atoms with van der Waals surface area (Å²) in [5.41, 5.74) is 2.74. The van der Waals surface area contributed by atoms with Crippen molar-refractivity contribution in [1.82, 2.24) is 10.0 Å². The van der Waals surface area contributed by atoms with E-state index in [0.717, 1.165) is 19.3 Å². The molecule has 0 saturated carbocycles. The van der Waals surface area contributed by atoms with Crippen LogP contribution in [-0.4, -0.2) is 34.9 Å². The topological polar surface area (TPSA) is 40.6 Å². The highest BCUT2D eigenvalue weighted by atomic mass is 16.2. The van der Waals surface area contributed by atoms with Crippen LogP contribution in [0.3, 0.4) is 0 Å². The lowest BCUT2D eigenvalue weighted by atomic mass is 10.0. The van der Waals surface area contributed by atoms with Crippen molar-refractivity contribution in [3.63, 3.8) is 0 Å². The summed E-state index contributed by atoms with van der Waals surface area (Å²) in [6, 6.07) is 8.41. The molecule has 3 rings (SSSR count). The summed E-state index contributed by atoms with van der Waals surface area (Å²) < 4.78 is 0. The molecule has 0 bridgehead atoms. The maximum absolute atomic E-state index is 12.4. The number of fused-ring (bicyclic) bond motifs is 1. The molecule has 2 amide bonds. The average molecular weight is 272 g/mol. The SMILES string of the molecule is CC(=O)N1CCCN1C(=O)CC1Cc2ccccc2C1. The molecular formula is C16H20N2O2. The molecule has 1 aliphatic carbocycles. The van der Waals surface area contributed by atoms with E-state index in [9.17, 15) is 9.59 Å². The van der Waals surface area contributed by atoms with Gasteiger partial charge in [0.05, 0.1) is 0 Å². The number of carbonyl (C=O) groups excluding carboxylic acids is 2. The van der Waals surface area contributed by atoms with Crippen LogP contribution >= 0.6 is 0 Å². The van der Waals surface area contributed by atoms with Gasteiger partial charge in [0, 0.05) is 26.4 Å². The van der Waals surface area contributed by atoms with E-state index in [1.165, 1.54) is 18.1 Å². The number of hydrazine groups is 1. The Morgan fingerprint density at radius 1 is 1.10 bits per heavy atom. The highest BCUT2D eigenvalue weighted by molar-refractivity contribution is 5.81. The zero-order chi connectivity index (χ0) is 14.1. The number of amides is 2. The van der Waals surface area contributed by atoms with Crippen molar-refractivity contribution < 1.29 is 9.59 Å². The average Bonchev–Trinajstić information content (AvgIpc) is 3.04. The van der Waals surface area contributed by atoms with Crippen LogP contribution in [0.15, 0.2) is 24.3 Å². The van der Waals surface area contributed by atoms with E-state index in [1.54, 1.807) is 10.0 Å². The molecule has 1 fully saturated rings. The predicted octanol–water partition coefficient (Wildman–Crippen LogP) is 1.79. The minimum Gasteiger partial charge on any atom is -0.273 e. The van der Waals surface area contributed by atoms with Gasteiger partial charge in [0.1, 0.15) is 0 Å². The Morgan fingerprint density at radius 3 is 2.30 bits per heavy atom. The fourth-order valence-corrected chi connectivity index (χ4v) is 3.35. The van der Waals surface area contributed by atoms with E-state index in [2.05, 4.69) is 24.3 Å². The van der Waals surface area contributed by atoms with Crippen molar-refractivity contribution >= 4 is 11.8 Å². The van der Waals surface area contributed by atoms with Crippen LogP contribution < -0.4 is 0 Å². The van der Waals surface area contributed by atoms with Crippen LogP contribution in [0.2, 0.25) is 0 Å². The van der Waals surface area contributed by atoms with Gasteiger partial charge < -0.3 is 0 Å². The van der Waals surface area contributed by atoms with Gasteiger partial charge in [-0.2, -0.15) is 0 Å². The second-order valence-electron chi connectivity index (χ2n) is 5.76. The first-order valence-electron chi connectivity index (χ1n) is 7.30. The van der Waals surface area contributed by atoms with Crippen molar-refractivity contribution in [2.45, 2.75) is 32.6 Å². The van der Waals surface area contributed by atoms with Gasteiger partial charge >= 0.3 is 0 Å². The minimum absolute atomic E-state index is 0.0365. The Bertz CT molecular complexity index is 516. The summed E-state index contributed by atoms with van der Waals surface area (Å²) in [6.07, 6.45) is 3.39. The molecule has 1 aromatic rings. The summed E-state index contributed by atoms with van der Waals surface area (Å²) in [5, 5.41) is 3.23. The van der Waals surface area contributed by atoms with Gasteiger partial charge in [0.2, 0.25) is 11.8 Å². The molecular weight excluding hydrogens is 252 g/mol. The largest absolute Gasteiger partial charge is 0.273 e. The minimum atomic E-state index is -0.0365. The van der Waals surface area contributed by atoms with Gasteiger partial charge in [-0.1, -0.05) is 24.3 Å². The zero-order valence-corrected chi connectivity index (χ0v) is 11.8. The van der Waals surface area contributed by atoms with Crippen LogP contribution in [0.25, 0.3) is 0 Å². The molecule has 0 unspecified atom stereocenters. The lowest BCUT2D eigenvalue weighted by molar-refractivity contribution is -0.157. The van der Waals surface area contributed by atoms with Crippen LogP contribution in [0.1, 0.15) is 30.9 Å². The molecule has 20 heavy (non-hydrogen) atoms. The van der Waals surface area contributed by atoms with E-state index >= 15 is 0 Å². The lowest BCUT2D eigenvalue weighted by Gasteiger charge is -2.27.